The van der Waals surface area contributed by atoms with E-state index in [-0.39, 0.29) is 17.7 Å². The van der Waals surface area contributed by atoms with Crippen molar-refractivity contribution in [2.45, 2.75) is 25.2 Å². The maximum absolute atomic E-state index is 12.1. The Bertz CT molecular complexity index is 571. The van der Waals surface area contributed by atoms with Crippen LogP contribution in [0.25, 0.3) is 0 Å². The van der Waals surface area contributed by atoms with Crippen LogP contribution in [-0.4, -0.2) is 60.0 Å². The van der Waals surface area contributed by atoms with E-state index >= 15 is 0 Å². The molecule has 1 aliphatic carbocycles. The second-order valence-electron chi connectivity index (χ2n) is 6.22. The lowest BCUT2D eigenvalue weighted by atomic mass is 10.1. The van der Waals surface area contributed by atoms with Gasteiger partial charge in [0.15, 0.2) is 0 Å². The fraction of sp³-hybridized carbons (Fsp3) is 0.625. The van der Waals surface area contributed by atoms with Gasteiger partial charge in [-0.1, -0.05) is 0 Å². The standard InChI is InChI=1S/C16H22N4O3/c1-23-5-4-20-10-11(6-14(20)21)7-19-16(22)13-8-17-15(18-9-13)12-2-3-12/h8-9,11-12H,2-7,10H2,1H3,(H,19,22)/t11-/m1/s1. The molecule has 1 atom stereocenters. The average Bonchev–Trinajstić information content (AvgIpc) is 3.35. The van der Waals surface area contributed by atoms with Crippen LogP contribution in [0.4, 0.5) is 0 Å². The van der Waals surface area contributed by atoms with Crippen LogP contribution in [0.2, 0.25) is 0 Å². The van der Waals surface area contributed by atoms with Crippen molar-refractivity contribution in [2.24, 2.45) is 5.92 Å². The lowest BCUT2D eigenvalue weighted by Gasteiger charge is -2.16. The van der Waals surface area contributed by atoms with Crippen LogP contribution in [0.5, 0.6) is 0 Å². The number of nitrogens with one attached hydrogen (secondary N) is 1. The zero-order valence-electron chi connectivity index (χ0n) is 13.3. The first-order valence-electron chi connectivity index (χ1n) is 8.04. The van der Waals surface area contributed by atoms with E-state index in [1.54, 1.807) is 24.4 Å². The Kier molecular flexibility index (Phi) is 4.85. The summed E-state index contributed by atoms with van der Waals surface area (Å²) in [6.45, 7) is 2.30. The highest BCUT2D eigenvalue weighted by Gasteiger charge is 2.29. The Morgan fingerprint density at radius 1 is 1.39 bits per heavy atom. The van der Waals surface area contributed by atoms with Crippen molar-refractivity contribution in [1.82, 2.24) is 20.2 Å². The lowest BCUT2D eigenvalue weighted by molar-refractivity contribution is -0.128. The fourth-order valence-electron chi connectivity index (χ4n) is 2.76. The van der Waals surface area contributed by atoms with Crippen LogP contribution in [0.3, 0.4) is 0 Å². The van der Waals surface area contributed by atoms with Gasteiger partial charge in [-0.25, -0.2) is 9.97 Å². The minimum Gasteiger partial charge on any atom is -0.383 e. The molecule has 1 aliphatic heterocycles. The molecule has 3 rings (SSSR count). The van der Waals surface area contributed by atoms with Crippen molar-refractivity contribution in [2.75, 3.05) is 33.4 Å². The van der Waals surface area contributed by atoms with E-state index in [0.29, 0.717) is 44.1 Å². The summed E-state index contributed by atoms with van der Waals surface area (Å²) in [6.07, 6.45) is 5.92. The van der Waals surface area contributed by atoms with Crippen molar-refractivity contribution in [3.05, 3.63) is 23.8 Å². The molecule has 0 aromatic carbocycles. The molecule has 1 aromatic heterocycles. The molecule has 0 bridgehead atoms. The normalized spacial score (nSPS) is 20.8. The molecular formula is C16H22N4O3. The maximum atomic E-state index is 12.1. The van der Waals surface area contributed by atoms with Gasteiger partial charge < -0.3 is 15.0 Å². The molecule has 1 N–H and O–H groups in total. The fourth-order valence-corrected chi connectivity index (χ4v) is 2.76. The van der Waals surface area contributed by atoms with E-state index in [2.05, 4.69) is 15.3 Å². The summed E-state index contributed by atoms with van der Waals surface area (Å²) in [6, 6.07) is 0. The first-order valence-corrected chi connectivity index (χ1v) is 8.04. The van der Waals surface area contributed by atoms with Gasteiger partial charge in [-0.05, 0) is 12.8 Å². The molecule has 7 heteroatoms. The van der Waals surface area contributed by atoms with Crippen LogP contribution in [0.1, 0.15) is 41.4 Å². The summed E-state index contributed by atoms with van der Waals surface area (Å²) in [5, 5.41) is 2.87. The van der Waals surface area contributed by atoms with Gasteiger partial charge in [0.1, 0.15) is 5.82 Å². The Morgan fingerprint density at radius 2 is 2.13 bits per heavy atom. The number of carbonyl (C=O) groups is 2. The number of nitrogens with zero attached hydrogens (tertiary/aromatic N) is 3. The predicted molar refractivity (Wildman–Crippen MR) is 82.9 cm³/mol. The van der Waals surface area contributed by atoms with E-state index in [1.165, 1.54) is 0 Å². The Balaban J connectivity index is 1.46. The summed E-state index contributed by atoms with van der Waals surface area (Å²) < 4.78 is 5.00. The van der Waals surface area contributed by atoms with Crippen LogP contribution in [0, 0.1) is 5.92 Å². The number of methoxy groups -OCH3 is 1. The predicted octanol–water partition coefficient (Wildman–Crippen LogP) is 0.579. The van der Waals surface area contributed by atoms with E-state index < -0.39 is 0 Å². The number of likely N-dealkylation sites (tertiary alicyclic amines) is 1. The summed E-state index contributed by atoms with van der Waals surface area (Å²) in [5.41, 5.74) is 0.468. The summed E-state index contributed by atoms with van der Waals surface area (Å²) in [4.78, 5) is 34.3. The molecule has 23 heavy (non-hydrogen) atoms. The third-order valence-corrected chi connectivity index (χ3v) is 4.29. The quantitative estimate of drug-likeness (QED) is 0.795. The van der Waals surface area contributed by atoms with Gasteiger partial charge in [-0.3, -0.25) is 9.59 Å². The van der Waals surface area contributed by atoms with Crippen molar-refractivity contribution < 1.29 is 14.3 Å². The summed E-state index contributed by atoms with van der Waals surface area (Å²) >= 11 is 0. The SMILES string of the molecule is COCCN1C[C@@H](CNC(=O)c2cnc(C3CC3)nc2)CC1=O. The molecule has 1 saturated heterocycles. The molecule has 2 fully saturated rings. The molecule has 2 heterocycles. The topological polar surface area (TPSA) is 84.4 Å². The monoisotopic (exact) mass is 318 g/mol. The third-order valence-electron chi connectivity index (χ3n) is 4.29. The second kappa shape index (κ2) is 7.04. The van der Waals surface area contributed by atoms with Gasteiger partial charge >= 0.3 is 0 Å². The third kappa shape index (κ3) is 4.04. The largest absolute Gasteiger partial charge is 0.383 e. The molecule has 124 valence electrons. The minimum absolute atomic E-state index is 0.124. The minimum atomic E-state index is -0.185. The van der Waals surface area contributed by atoms with Gasteiger partial charge in [0.2, 0.25) is 5.91 Å². The number of hydrogen-bond acceptors (Lipinski definition) is 5. The Morgan fingerprint density at radius 3 is 2.78 bits per heavy atom. The van der Waals surface area contributed by atoms with Crippen LogP contribution >= 0.6 is 0 Å². The number of carbonyl (C=O) groups excluding carboxylic acids is 2. The number of aromatic nitrogens is 2. The highest BCUT2D eigenvalue weighted by atomic mass is 16.5. The molecule has 2 amide bonds. The molecule has 0 unspecified atom stereocenters. The highest BCUT2D eigenvalue weighted by molar-refractivity contribution is 5.93. The highest BCUT2D eigenvalue weighted by Crippen LogP contribution is 2.37. The number of amides is 2. The van der Waals surface area contributed by atoms with Gasteiger partial charge in [0.25, 0.3) is 5.91 Å². The first-order chi connectivity index (χ1) is 11.2. The van der Waals surface area contributed by atoms with E-state index in [4.69, 9.17) is 4.74 Å². The zero-order valence-corrected chi connectivity index (χ0v) is 13.3. The van der Waals surface area contributed by atoms with Crippen LogP contribution in [-0.2, 0) is 9.53 Å². The molecule has 2 aliphatic rings. The number of ether oxygens (including phenoxy) is 1. The second-order valence-corrected chi connectivity index (χ2v) is 6.22. The van der Waals surface area contributed by atoms with Crippen molar-refractivity contribution >= 4 is 11.8 Å². The molecule has 1 saturated carbocycles. The van der Waals surface area contributed by atoms with Gasteiger partial charge in [0, 0.05) is 57.4 Å². The number of hydrogen-bond donors (Lipinski definition) is 1. The van der Waals surface area contributed by atoms with Crippen molar-refractivity contribution in [3.8, 4) is 0 Å². The summed E-state index contributed by atoms with van der Waals surface area (Å²) in [5.74, 6) is 1.40. The van der Waals surface area contributed by atoms with Crippen LogP contribution in [0.15, 0.2) is 12.4 Å². The van der Waals surface area contributed by atoms with E-state index in [9.17, 15) is 9.59 Å². The molecule has 0 spiro atoms. The average molecular weight is 318 g/mol. The van der Waals surface area contributed by atoms with E-state index in [1.807, 2.05) is 0 Å². The first kappa shape index (κ1) is 15.9. The lowest BCUT2D eigenvalue weighted by Crippen LogP contribution is -2.32. The van der Waals surface area contributed by atoms with Crippen molar-refractivity contribution in [1.29, 1.82) is 0 Å². The van der Waals surface area contributed by atoms with Gasteiger partial charge in [-0.2, -0.15) is 0 Å². The van der Waals surface area contributed by atoms with Gasteiger partial charge in [0.05, 0.1) is 12.2 Å². The zero-order chi connectivity index (χ0) is 16.2. The molecule has 0 radical (unpaired) electrons. The number of rotatable bonds is 7. The molecular weight excluding hydrogens is 296 g/mol. The van der Waals surface area contributed by atoms with E-state index in [0.717, 1.165) is 18.7 Å². The van der Waals surface area contributed by atoms with Crippen LogP contribution < -0.4 is 5.32 Å². The molecule has 7 nitrogen and oxygen atoms in total. The van der Waals surface area contributed by atoms with Crippen molar-refractivity contribution in [3.63, 3.8) is 0 Å². The Hall–Kier alpha value is -2.02. The summed E-state index contributed by atoms with van der Waals surface area (Å²) in [7, 11) is 1.62. The Labute approximate surface area is 135 Å². The smallest absolute Gasteiger partial charge is 0.254 e. The molecule has 1 aromatic rings. The maximum Gasteiger partial charge on any atom is 0.254 e. The van der Waals surface area contributed by atoms with Gasteiger partial charge in [-0.15, -0.1) is 0 Å².